The van der Waals surface area contributed by atoms with Gasteiger partial charge in [0.25, 0.3) is 5.91 Å². The van der Waals surface area contributed by atoms with Crippen LogP contribution in [0.3, 0.4) is 0 Å². The second kappa shape index (κ2) is 6.95. The molecule has 0 aromatic carbocycles. The Morgan fingerprint density at radius 3 is 2.83 bits per heavy atom. The molecule has 1 rings (SSSR count). The van der Waals surface area contributed by atoms with Crippen molar-refractivity contribution in [2.45, 2.75) is 13.3 Å². The summed E-state index contributed by atoms with van der Waals surface area (Å²) < 4.78 is 0.712. The minimum atomic E-state index is -0.449. The van der Waals surface area contributed by atoms with Crippen LogP contribution >= 0.6 is 15.9 Å². The first kappa shape index (κ1) is 14.4. The van der Waals surface area contributed by atoms with Crippen molar-refractivity contribution in [3.8, 4) is 0 Å². The van der Waals surface area contributed by atoms with E-state index in [0.29, 0.717) is 22.4 Å². The molecule has 1 aromatic rings. The van der Waals surface area contributed by atoms with E-state index in [1.54, 1.807) is 12.3 Å². The van der Waals surface area contributed by atoms with Crippen LogP contribution in [0.5, 0.6) is 0 Å². The molecule has 18 heavy (non-hydrogen) atoms. The number of aromatic nitrogens is 1. The van der Waals surface area contributed by atoms with Crippen molar-refractivity contribution in [3.63, 3.8) is 0 Å². The monoisotopic (exact) mass is 314 g/mol. The highest BCUT2D eigenvalue weighted by molar-refractivity contribution is 9.10. The Labute approximate surface area is 113 Å². The number of hydrogen-bond acceptors (Lipinski definition) is 4. The topological polar surface area (TPSA) is 97.1 Å². The quantitative estimate of drug-likeness (QED) is 0.726. The Morgan fingerprint density at radius 1 is 1.50 bits per heavy atom. The molecule has 0 bridgehead atoms. The average molecular weight is 315 g/mol. The molecule has 1 aromatic heterocycles. The first-order valence-electron chi connectivity index (χ1n) is 5.50. The highest BCUT2D eigenvalue weighted by atomic mass is 79.9. The molecule has 0 aliphatic rings. The first-order chi connectivity index (χ1) is 8.54. The summed E-state index contributed by atoms with van der Waals surface area (Å²) in [6.45, 7) is 2.79. The van der Waals surface area contributed by atoms with Crippen LogP contribution in [0.2, 0.25) is 0 Å². The van der Waals surface area contributed by atoms with Gasteiger partial charge in [0.2, 0.25) is 5.91 Å². The second-order valence-electron chi connectivity index (χ2n) is 3.55. The van der Waals surface area contributed by atoms with Gasteiger partial charge in [-0.15, -0.1) is 0 Å². The molecule has 0 fully saturated rings. The van der Waals surface area contributed by atoms with Gasteiger partial charge in [-0.2, -0.15) is 0 Å². The van der Waals surface area contributed by atoms with E-state index in [1.165, 1.54) is 0 Å². The molecule has 0 aliphatic heterocycles. The molecule has 98 valence electrons. The number of hydrogen-bond donors (Lipinski definition) is 3. The minimum Gasteiger partial charge on any atom is -0.370 e. The van der Waals surface area contributed by atoms with E-state index < -0.39 is 5.91 Å². The Hall–Kier alpha value is -1.63. The van der Waals surface area contributed by atoms with Gasteiger partial charge in [-0.3, -0.25) is 9.59 Å². The lowest BCUT2D eigenvalue weighted by Crippen LogP contribution is -2.28. The number of nitrogens with zero attached hydrogens (tertiary/aromatic N) is 1. The van der Waals surface area contributed by atoms with E-state index in [4.69, 9.17) is 5.73 Å². The third kappa shape index (κ3) is 4.33. The number of anilines is 1. The van der Waals surface area contributed by atoms with Crippen molar-refractivity contribution in [2.24, 2.45) is 5.73 Å². The molecular weight excluding hydrogens is 300 g/mol. The third-order valence-corrected chi connectivity index (χ3v) is 2.53. The number of halogens is 1. The second-order valence-corrected chi connectivity index (χ2v) is 4.47. The Kier molecular flexibility index (Phi) is 5.57. The number of amides is 2. The van der Waals surface area contributed by atoms with Gasteiger partial charge in [-0.25, -0.2) is 4.98 Å². The highest BCUT2D eigenvalue weighted by Crippen LogP contribution is 2.17. The van der Waals surface area contributed by atoms with Gasteiger partial charge in [-0.1, -0.05) is 0 Å². The predicted octanol–water partition coefficient (Wildman–Crippen LogP) is 0.881. The molecule has 4 N–H and O–H groups in total. The number of nitrogens with two attached hydrogens (primary N) is 1. The molecule has 0 spiro atoms. The van der Waals surface area contributed by atoms with Crippen molar-refractivity contribution in [2.75, 3.05) is 18.4 Å². The summed E-state index contributed by atoms with van der Waals surface area (Å²) in [6.07, 6.45) is 1.72. The molecule has 2 amide bonds. The Balaban J connectivity index is 2.76. The standard InChI is InChI=1S/C11H15BrN4O2/c1-2-14-10-8(5-7(12)6-16-10)11(18)15-4-3-9(13)17/h5-6H,2-4H2,1H3,(H2,13,17)(H,14,16)(H,15,18). The van der Waals surface area contributed by atoms with Crippen molar-refractivity contribution in [1.82, 2.24) is 10.3 Å². The maximum Gasteiger partial charge on any atom is 0.255 e. The molecule has 0 aliphatic carbocycles. The zero-order valence-corrected chi connectivity index (χ0v) is 11.6. The number of rotatable bonds is 6. The predicted molar refractivity (Wildman–Crippen MR) is 72.2 cm³/mol. The van der Waals surface area contributed by atoms with Crippen LogP contribution in [0, 0.1) is 0 Å². The van der Waals surface area contributed by atoms with Gasteiger partial charge in [-0.05, 0) is 28.9 Å². The maximum atomic E-state index is 11.9. The minimum absolute atomic E-state index is 0.115. The zero-order chi connectivity index (χ0) is 13.5. The summed E-state index contributed by atoms with van der Waals surface area (Å²) in [5.74, 6) is -0.229. The first-order valence-corrected chi connectivity index (χ1v) is 6.29. The van der Waals surface area contributed by atoms with Crippen LogP contribution in [0.4, 0.5) is 5.82 Å². The fourth-order valence-electron chi connectivity index (χ4n) is 1.32. The molecule has 0 radical (unpaired) electrons. The lowest BCUT2D eigenvalue weighted by Gasteiger charge is -2.10. The van der Waals surface area contributed by atoms with Crippen molar-refractivity contribution < 1.29 is 9.59 Å². The number of carbonyl (C=O) groups is 2. The normalized spacial score (nSPS) is 9.89. The third-order valence-electron chi connectivity index (χ3n) is 2.10. The van der Waals surface area contributed by atoms with Gasteiger partial charge in [0.05, 0.1) is 5.56 Å². The Bertz CT molecular complexity index is 451. The molecule has 0 atom stereocenters. The van der Waals surface area contributed by atoms with Crippen LogP contribution in [0.1, 0.15) is 23.7 Å². The van der Waals surface area contributed by atoms with E-state index >= 15 is 0 Å². The summed E-state index contributed by atoms with van der Waals surface area (Å²) in [5, 5.41) is 5.61. The summed E-state index contributed by atoms with van der Waals surface area (Å²) in [5.41, 5.74) is 5.42. The highest BCUT2D eigenvalue weighted by Gasteiger charge is 2.12. The molecular formula is C11H15BrN4O2. The summed E-state index contributed by atoms with van der Waals surface area (Å²) >= 11 is 3.26. The van der Waals surface area contributed by atoms with Crippen LogP contribution < -0.4 is 16.4 Å². The van der Waals surface area contributed by atoms with E-state index in [2.05, 4.69) is 31.5 Å². The maximum absolute atomic E-state index is 11.9. The van der Waals surface area contributed by atoms with E-state index in [1.807, 2.05) is 6.92 Å². The SMILES string of the molecule is CCNc1ncc(Br)cc1C(=O)NCCC(N)=O. The van der Waals surface area contributed by atoms with Crippen molar-refractivity contribution >= 4 is 33.6 Å². The number of carbonyl (C=O) groups excluding carboxylic acids is 2. The van der Waals surface area contributed by atoms with Crippen LogP contribution in [-0.4, -0.2) is 29.9 Å². The number of pyridine rings is 1. The largest absolute Gasteiger partial charge is 0.370 e. The molecule has 0 saturated carbocycles. The van der Waals surface area contributed by atoms with Crippen LogP contribution in [0.15, 0.2) is 16.7 Å². The molecule has 6 nitrogen and oxygen atoms in total. The van der Waals surface area contributed by atoms with Crippen LogP contribution in [-0.2, 0) is 4.79 Å². The van der Waals surface area contributed by atoms with Crippen molar-refractivity contribution in [1.29, 1.82) is 0 Å². The molecule has 7 heteroatoms. The molecule has 0 unspecified atom stereocenters. The van der Waals surface area contributed by atoms with E-state index in [9.17, 15) is 9.59 Å². The smallest absolute Gasteiger partial charge is 0.255 e. The summed E-state index contributed by atoms with van der Waals surface area (Å²) in [7, 11) is 0. The average Bonchev–Trinajstić information content (AvgIpc) is 2.31. The number of nitrogens with one attached hydrogen (secondary N) is 2. The van der Waals surface area contributed by atoms with Gasteiger partial charge < -0.3 is 16.4 Å². The van der Waals surface area contributed by atoms with Gasteiger partial charge >= 0.3 is 0 Å². The summed E-state index contributed by atoms with van der Waals surface area (Å²) in [4.78, 5) is 26.6. The van der Waals surface area contributed by atoms with E-state index in [-0.39, 0.29) is 18.9 Å². The zero-order valence-electron chi connectivity index (χ0n) is 10.00. The fraction of sp³-hybridized carbons (Fsp3) is 0.364. The van der Waals surface area contributed by atoms with Gasteiger partial charge in [0, 0.05) is 30.2 Å². The van der Waals surface area contributed by atoms with Gasteiger partial charge in [0.15, 0.2) is 0 Å². The van der Waals surface area contributed by atoms with Gasteiger partial charge in [0.1, 0.15) is 5.82 Å². The summed E-state index contributed by atoms with van der Waals surface area (Å²) in [6, 6.07) is 1.67. The fourth-order valence-corrected chi connectivity index (χ4v) is 1.65. The van der Waals surface area contributed by atoms with Crippen molar-refractivity contribution in [3.05, 3.63) is 22.3 Å². The lowest BCUT2D eigenvalue weighted by molar-refractivity contribution is -0.117. The molecule has 1 heterocycles. The van der Waals surface area contributed by atoms with Crippen LogP contribution in [0.25, 0.3) is 0 Å². The van der Waals surface area contributed by atoms with E-state index in [0.717, 1.165) is 0 Å². The Morgan fingerprint density at radius 2 is 2.22 bits per heavy atom. The number of primary amides is 1. The lowest BCUT2D eigenvalue weighted by atomic mass is 10.2. The molecule has 0 saturated heterocycles.